The number of aryl methyl sites for hydroxylation is 1. The highest BCUT2D eigenvalue weighted by atomic mass is 16.3. The van der Waals surface area contributed by atoms with Crippen LogP contribution in [0.15, 0.2) is 30.3 Å². The van der Waals surface area contributed by atoms with E-state index in [4.69, 9.17) is 0 Å². The van der Waals surface area contributed by atoms with Crippen LogP contribution in [0.4, 0.5) is 0 Å². The molecule has 0 aliphatic rings. The average Bonchev–Trinajstić information content (AvgIpc) is 2.33. The largest absolute Gasteiger partial charge is 0.380 e. The maximum absolute atomic E-state index is 9.50. The van der Waals surface area contributed by atoms with E-state index in [1.54, 1.807) is 0 Å². The highest BCUT2D eigenvalue weighted by molar-refractivity contribution is 5.16. The van der Waals surface area contributed by atoms with Crippen LogP contribution in [0.25, 0.3) is 0 Å². The molecule has 0 aliphatic carbocycles. The van der Waals surface area contributed by atoms with Gasteiger partial charge in [-0.3, -0.25) is 0 Å². The summed E-state index contributed by atoms with van der Waals surface area (Å²) in [6, 6.07) is 10.3. The summed E-state index contributed by atoms with van der Waals surface area (Å²) >= 11 is 0. The minimum atomic E-state index is -0.435. The molecule has 0 amide bonds. The van der Waals surface area contributed by atoms with Gasteiger partial charge in [0.05, 0.1) is 0 Å². The van der Waals surface area contributed by atoms with E-state index >= 15 is 0 Å². The zero-order valence-corrected chi connectivity index (χ0v) is 9.95. The van der Waals surface area contributed by atoms with E-state index in [9.17, 15) is 5.11 Å². The number of hydrogen-bond acceptors (Lipinski definition) is 1. The zero-order chi connectivity index (χ0) is 11.6. The van der Waals surface area contributed by atoms with E-state index in [-0.39, 0.29) is 0 Å². The highest BCUT2D eigenvalue weighted by Gasteiger charge is 1.96. The summed E-state index contributed by atoms with van der Waals surface area (Å²) in [6.45, 7) is 2.12. The Kier molecular flexibility index (Phi) is 6.37. The molecule has 16 heavy (non-hydrogen) atoms. The maximum atomic E-state index is 9.50. The second-order valence-electron chi connectivity index (χ2n) is 3.96. The van der Waals surface area contributed by atoms with Crippen molar-refractivity contribution >= 4 is 0 Å². The third-order valence-electron chi connectivity index (χ3n) is 2.48. The fraction of sp³-hybridized carbons (Fsp3) is 0.467. The number of aliphatic hydroxyl groups excluding tert-OH is 1. The van der Waals surface area contributed by atoms with Crippen molar-refractivity contribution in [2.45, 2.75) is 45.1 Å². The Labute approximate surface area is 98.5 Å². The van der Waals surface area contributed by atoms with Crippen molar-refractivity contribution in [3.05, 3.63) is 35.9 Å². The highest BCUT2D eigenvalue weighted by Crippen LogP contribution is 2.02. The van der Waals surface area contributed by atoms with Crippen LogP contribution in [-0.2, 0) is 6.42 Å². The molecule has 1 aromatic carbocycles. The zero-order valence-electron chi connectivity index (χ0n) is 9.95. The molecule has 0 fully saturated rings. The molecule has 1 nitrogen and oxygen atoms in total. The average molecular weight is 216 g/mol. The first-order valence-corrected chi connectivity index (χ1v) is 6.03. The van der Waals surface area contributed by atoms with Crippen LogP contribution < -0.4 is 0 Å². The van der Waals surface area contributed by atoms with Gasteiger partial charge in [-0.25, -0.2) is 0 Å². The molecule has 0 bridgehead atoms. The summed E-state index contributed by atoms with van der Waals surface area (Å²) in [4.78, 5) is 0. The normalized spacial score (nSPS) is 11.6. The van der Waals surface area contributed by atoms with Crippen LogP contribution in [0.1, 0.15) is 38.2 Å². The van der Waals surface area contributed by atoms with Gasteiger partial charge < -0.3 is 5.11 Å². The summed E-state index contributed by atoms with van der Waals surface area (Å²) in [5.41, 5.74) is 1.31. The predicted molar refractivity (Wildman–Crippen MR) is 68.1 cm³/mol. The van der Waals surface area contributed by atoms with E-state index in [2.05, 4.69) is 30.9 Å². The lowest BCUT2D eigenvalue weighted by molar-refractivity contribution is 0.218. The molecule has 1 atom stereocenters. The van der Waals surface area contributed by atoms with Crippen LogP contribution in [0.2, 0.25) is 0 Å². The van der Waals surface area contributed by atoms with Crippen molar-refractivity contribution in [2.75, 3.05) is 0 Å². The molecule has 1 heteroatoms. The number of rotatable bonds is 5. The maximum Gasteiger partial charge on any atom is 0.114 e. The first kappa shape index (κ1) is 12.8. The molecular weight excluding hydrogens is 196 g/mol. The Morgan fingerprint density at radius 1 is 1.25 bits per heavy atom. The molecule has 0 unspecified atom stereocenters. The Bertz CT molecular complexity index is 331. The van der Waals surface area contributed by atoms with Gasteiger partial charge in [0.2, 0.25) is 0 Å². The molecule has 1 N–H and O–H groups in total. The fourth-order valence-electron chi connectivity index (χ4n) is 1.51. The lowest BCUT2D eigenvalue weighted by Crippen LogP contribution is -2.01. The molecule has 0 saturated carbocycles. The van der Waals surface area contributed by atoms with Crippen molar-refractivity contribution in [3.63, 3.8) is 0 Å². The van der Waals surface area contributed by atoms with E-state index < -0.39 is 6.10 Å². The molecule has 0 radical (unpaired) electrons. The number of benzene rings is 1. The third-order valence-corrected chi connectivity index (χ3v) is 2.48. The molecule has 1 rings (SSSR count). The van der Waals surface area contributed by atoms with Crippen molar-refractivity contribution in [3.8, 4) is 11.8 Å². The number of aliphatic hydroxyl groups is 1. The minimum Gasteiger partial charge on any atom is -0.380 e. The summed E-state index contributed by atoms with van der Waals surface area (Å²) in [7, 11) is 0. The summed E-state index contributed by atoms with van der Waals surface area (Å²) in [5, 5.41) is 9.50. The topological polar surface area (TPSA) is 20.2 Å². The SMILES string of the molecule is CCCC[C@H](O)C#CCCc1ccccc1. The van der Waals surface area contributed by atoms with Gasteiger partial charge >= 0.3 is 0 Å². The van der Waals surface area contributed by atoms with Gasteiger partial charge in [0, 0.05) is 6.42 Å². The van der Waals surface area contributed by atoms with Crippen LogP contribution in [-0.4, -0.2) is 11.2 Å². The van der Waals surface area contributed by atoms with Gasteiger partial charge in [-0.1, -0.05) is 56.0 Å². The molecule has 0 aromatic heterocycles. The second kappa shape index (κ2) is 7.96. The monoisotopic (exact) mass is 216 g/mol. The lowest BCUT2D eigenvalue weighted by atomic mass is 10.1. The Morgan fingerprint density at radius 2 is 2.00 bits per heavy atom. The van der Waals surface area contributed by atoms with Crippen LogP contribution in [0, 0.1) is 11.8 Å². The van der Waals surface area contributed by atoms with Gasteiger partial charge in [0.25, 0.3) is 0 Å². The van der Waals surface area contributed by atoms with Crippen molar-refractivity contribution in [1.29, 1.82) is 0 Å². The predicted octanol–water partition coefficient (Wildman–Crippen LogP) is 3.17. The van der Waals surface area contributed by atoms with Crippen molar-refractivity contribution < 1.29 is 5.11 Å². The summed E-state index contributed by atoms with van der Waals surface area (Å²) < 4.78 is 0. The van der Waals surface area contributed by atoms with Gasteiger partial charge in [-0.15, -0.1) is 5.92 Å². The minimum absolute atomic E-state index is 0.435. The van der Waals surface area contributed by atoms with Gasteiger partial charge in [-0.2, -0.15) is 0 Å². The molecule has 0 heterocycles. The molecule has 0 spiro atoms. The smallest absolute Gasteiger partial charge is 0.114 e. The Morgan fingerprint density at radius 3 is 2.69 bits per heavy atom. The van der Waals surface area contributed by atoms with Crippen LogP contribution >= 0.6 is 0 Å². The first-order valence-electron chi connectivity index (χ1n) is 6.03. The second-order valence-corrected chi connectivity index (χ2v) is 3.96. The Balaban J connectivity index is 2.22. The van der Waals surface area contributed by atoms with Crippen LogP contribution in [0.3, 0.4) is 0 Å². The number of hydrogen-bond donors (Lipinski definition) is 1. The molecule has 86 valence electrons. The Hall–Kier alpha value is -1.26. The standard InChI is InChI=1S/C15H20O/c1-2-3-12-15(16)13-8-7-11-14-9-5-4-6-10-14/h4-6,9-10,15-16H,2-3,7,11-12H2,1H3/t15-/m0/s1. The molecular formula is C15H20O. The lowest BCUT2D eigenvalue weighted by Gasteiger charge is -2.00. The molecule has 1 aromatic rings. The third kappa shape index (κ3) is 5.58. The summed E-state index contributed by atoms with van der Waals surface area (Å²) in [5.74, 6) is 5.94. The fourth-order valence-corrected chi connectivity index (χ4v) is 1.51. The van der Waals surface area contributed by atoms with Gasteiger partial charge in [0.1, 0.15) is 6.10 Å². The van der Waals surface area contributed by atoms with E-state index in [1.807, 2.05) is 18.2 Å². The quantitative estimate of drug-likeness (QED) is 0.749. The molecule has 0 saturated heterocycles. The van der Waals surface area contributed by atoms with Crippen LogP contribution in [0.5, 0.6) is 0 Å². The first-order chi connectivity index (χ1) is 7.83. The van der Waals surface area contributed by atoms with Crippen molar-refractivity contribution in [1.82, 2.24) is 0 Å². The summed E-state index contributed by atoms with van der Waals surface area (Å²) in [6.07, 6.45) is 4.32. The van der Waals surface area contributed by atoms with E-state index in [1.165, 1.54) is 5.56 Å². The number of unbranched alkanes of at least 4 members (excludes halogenated alkanes) is 1. The van der Waals surface area contributed by atoms with Gasteiger partial charge in [0.15, 0.2) is 0 Å². The molecule has 0 aliphatic heterocycles. The van der Waals surface area contributed by atoms with E-state index in [0.29, 0.717) is 0 Å². The van der Waals surface area contributed by atoms with E-state index in [0.717, 1.165) is 32.1 Å². The van der Waals surface area contributed by atoms with Gasteiger partial charge in [-0.05, 0) is 18.4 Å². The van der Waals surface area contributed by atoms with Crippen molar-refractivity contribution in [2.24, 2.45) is 0 Å².